The summed E-state index contributed by atoms with van der Waals surface area (Å²) in [4.78, 5) is 6.72. The van der Waals surface area contributed by atoms with Crippen LogP contribution in [0.5, 0.6) is 5.75 Å². The summed E-state index contributed by atoms with van der Waals surface area (Å²) in [7, 11) is 4.09. The molecule has 0 unspecified atom stereocenters. The van der Waals surface area contributed by atoms with Gasteiger partial charge in [-0.05, 0) is 42.8 Å². The minimum absolute atomic E-state index is 0.679. The highest BCUT2D eigenvalue weighted by molar-refractivity contribution is 7.22. The van der Waals surface area contributed by atoms with Gasteiger partial charge < -0.3 is 15.0 Å². The molecule has 0 spiro atoms. The summed E-state index contributed by atoms with van der Waals surface area (Å²) in [6.45, 7) is 3.44. The number of hydrogen-bond acceptors (Lipinski definition) is 5. The number of aromatic nitrogens is 1. The quantitative estimate of drug-likeness (QED) is 0.729. The van der Waals surface area contributed by atoms with E-state index in [2.05, 4.69) is 39.5 Å². The van der Waals surface area contributed by atoms with Crippen LogP contribution in [0.2, 0.25) is 0 Å². The Bertz CT molecular complexity index is 781. The van der Waals surface area contributed by atoms with Gasteiger partial charge in [0.1, 0.15) is 5.75 Å². The molecular weight excluding hydrogens is 306 g/mol. The first-order chi connectivity index (χ1) is 11.2. The minimum atomic E-state index is 0.679. The van der Waals surface area contributed by atoms with Crippen LogP contribution in [0, 0.1) is 0 Å². The molecule has 0 radical (unpaired) electrons. The van der Waals surface area contributed by atoms with Gasteiger partial charge in [0.05, 0.1) is 16.8 Å². The summed E-state index contributed by atoms with van der Waals surface area (Å²) in [5.74, 6) is 0.898. The number of fused-ring (bicyclic) bond motifs is 1. The van der Waals surface area contributed by atoms with Crippen molar-refractivity contribution >= 4 is 32.4 Å². The van der Waals surface area contributed by atoms with Crippen molar-refractivity contribution in [3.63, 3.8) is 0 Å². The maximum absolute atomic E-state index is 5.54. The van der Waals surface area contributed by atoms with Gasteiger partial charge in [-0.1, -0.05) is 23.5 Å². The monoisotopic (exact) mass is 327 g/mol. The van der Waals surface area contributed by atoms with Crippen molar-refractivity contribution in [2.75, 3.05) is 30.9 Å². The van der Waals surface area contributed by atoms with Crippen molar-refractivity contribution in [1.29, 1.82) is 0 Å². The van der Waals surface area contributed by atoms with Gasteiger partial charge in [0.25, 0.3) is 0 Å². The standard InChI is InChI=1S/C18H21N3OS/c1-4-22-15-9-10-16-17(11-15)23-18(20-16)19-12-13-5-7-14(8-6-13)21(2)3/h5-11H,4,12H2,1-3H3,(H,19,20). The molecule has 2 aromatic carbocycles. The van der Waals surface area contributed by atoms with Crippen LogP contribution in [0.1, 0.15) is 12.5 Å². The van der Waals surface area contributed by atoms with Crippen molar-refractivity contribution in [3.05, 3.63) is 48.0 Å². The van der Waals surface area contributed by atoms with Crippen LogP contribution in [0.4, 0.5) is 10.8 Å². The smallest absolute Gasteiger partial charge is 0.184 e. The van der Waals surface area contributed by atoms with Gasteiger partial charge in [0, 0.05) is 26.3 Å². The van der Waals surface area contributed by atoms with E-state index >= 15 is 0 Å². The van der Waals surface area contributed by atoms with Crippen LogP contribution in [0.15, 0.2) is 42.5 Å². The summed E-state index contributed by atoms with van der Waals surface area (Å²) in [5, 5.41) is 4.34. The van der Waals surface area contributed by atoms with E-state index in [1.54, 1.807) is 11.3 Å². The Morgan fingerprint density at radius 3 is 2.61 bits per heavy atom. The fourth-order valence-corrected chi connectivity index (χ4v) is 3.22. The van der Waals surface area contributed by atoms with Gasteiger partial charge in [-0.3, -0.25) is 0 Å². The summed E-state index contributed by atoms with van der Waals surface area (Å²) < 4.78 is 6.68. The third-order valence-electron chi connectivity index (χ3n) is 3.57. The number of hydrogen-bond donors (Lipinski definition) is 1. The average molecular weight is 327 g/mol. The predicted octanol–water partition coefficient (Wildman–Crippen LogP) is 4.37. The van der Waals surface area contributed by atoms with Crippen molar-refractivity contribution in [3.8, 4) is 5.75 Å². The molecule has 5 heteroatoms. The zero-order chi connectivity index (χ0) is 16.2. The second-order valence-electron chi connectivity index (χ2n) is 5.50. The van der Waals surface area contributed by atoms with E-state index in [4.69, 9.17) is 4.74 Å². The van der Waals surface area contributed by atoms with E-state index in [9.17, 15) is 0 Å². The average Bonchev–Trinajstić information content (AvgIpc) is 2.96. The molecule has 0 saturated heterocycles. The van der Waals surface area contributed by atoms with Gasteiger partial charge in [0.2, 0.25) is 0 Å². The second-order valence-corrected chi connectivity index (χ2v) is 6.53. The molecule has 0 fully saturated rings. The number of nitrogens with zero attached hydrogens (tertiary/aromatic N) is 2. The topological polar surface area (TPSA) is 37.4 Å². The maximum atomic E-state index is 5.54. The van der Waals surface area contributed by atoms with Gasteiger partial charge >= 0.3 is 0 Å². The lowest BCUT2D eigenvalue weighted by molar-refractivity contribution is 0.341. The molecule has 1 heterocycles. The Morgan fingerprint density at radius 2 is 1.91 bits per heavy atom. The lowest BCUT2D eigenvalue weighted by Gasteiger charge is -2.12. The minimum Gasteiger partial charge on any atom is -0.494 e. The van der Waals surface area contributed by atoms with Gasteiger partial charge in [-0.25, -0.2) is 4.98 Å². The fourth-order valence-electron chi connectivity index (χ4n) is 2.33. The first kappa shape index (κ1) is 15.6. The summed E-state index contributed by atoms with van der Waals surface area (Å²) in [6, 6.07) is 14.6. The summed E-state index contributed by atoms with van der Waals surface area (Å²) in [6.07, 6.45) is 0. The Balaban J connectivity index is 1.69. The van der Waals surface area contributed by atoms with Crippen LogP contribution in [-0.4, -0.2) is 25.7 Å². The first-order valence-corrected chi connectivity index (χ1v) is 8.51. The molecule has 1 N–H and O–H groups in total. The zero-order valence-corrected chi connectivity index (χ0v) is 14.5. The van der Waals surface area contributed by atoms with E-state index in [1.807, 2.05) is 39.2 Å². The molecule has 3 aromatic rings. The highest BCUT2D eigenvalue weighted by Crippen LogP contribution is 2.29. The first-order valence-electron chi connectivity index (χ1n) is 7.69. The van der Waals surface area contributed by atoms with E-state index in [1.165, 1.54) is 11.3 Å². The maximum Gasteiger partial charge on any atom is 0.184 e. The van der Waals surface area contributed by atoms with Crippen LogP contribution in [0.3, 0.4) is 0 Å². The highest BCUT2D eigenvalue weighted by Gasteiger charge is 2.05. The normalized spacial score (nSPS) is 10.7. The second kappa shape index (κ2) is 6.87. The zero-order valence-electron chi connectivity index (χ0n) is 13.7. The van der Waals surface area contributed by atoms with Gasteiger partial charge in [0.15, 0.2) is 5.13 Å². The van der Waals surface area contributed by atoms with E-state index < -0.39 is 0 Å². The van der Waals surface area contributed by atoms with Crippen LogP contribution in [0.25, 0.3) is 10.2 Å². The molecule has 23 heavy (non-hydrogen) atoms. The third-order valence-corrected chi connectivity index (χ3v) is 4.54. The molecule has 0 aliphatic rings. The SMILES string of the molecule is CCOc1ccc2nc(NCc3ccc(N(C)C)cc3)sc2c1. The number of rotatable bonds is 6. The van der Waals surface area contributed by atoms with Crippen molar-refractivity contribution in [2.24, 2.45) is 0 Å². The third kappa shape index (κ3) is 3.74. The lowest BCUT2D eigenvalue weighted by atomic mass is 10.2. The van der Waals surface area contributed by atoms with Gasteiger partial charge in [-0.15, -0.1) is 0 Å². The molecule has 120 valence electrons. The Hall–Kier alpha value is -2.27. The lowest BCUT2D eigenvalue weighted by Crippen LogP contribution is -2.08. The molecule has 3 rings (SSSR count). The number of nitrogens with one attached hydrogen (secondary N) is 1. The predicted molar refractivity (Wildman–Crippen MR) is 98.9 cm³/mol. The molecule has 0 bridgehead atoms. The van der Waals surface area contributed by atoms with E-state index in [0.717, 1.165) is 27.6 Å². The molecule has 0 saturated carbocycles. The van der Waals surface area contributed by atoms with Crippen LogP contribution < -0.4 is 15.0 Å². The van der Waals surface area contributed by atoms with E-state index in [-0.39, 0.29) is 0 Å². The fraction of sp³-hybridized carbons (Fsp3) is 0.278. The summed E-state index contributed by atoms with van der Waals surface area (Å²) >= 11 is 1.65. The highest BCUT2D eigenvalue weighted by atomic mass is 32.1. The number of thiazole rings is 1. The molecule has 0 atom stereocenters. The largest absolute Gasteiger partial charge is 0.494 e. The Morgan fingerprint density at radius 1 is 1.13 bits per heavy atom. The van der Waals surface area contributed by atoms with Crippen LogP contribution in [-0.2, 0) is 6.54 Å². The molecule has 0 aliphatic carbocycles. The number of benzene rings is 2. The van der Waals surface area contributed by atoms with Gasteiger partial charge in [-0.2, -0.15) is 0 Å². The molecule has 0 aliphatic heterocycles. The molecule has 4 nitrogen and oxygen atoms in total. The number of anilines is 2. The Labute approximate surface area is 140 Å². The number of ether oxygens (including phenoxy) is 1. The van der Waals surface area contributed by atoms with Crippen molar-refractivity contribution < 1.29 is 4.74 Å². The van der Waals surface area contributed by atoms with Crippen LogP contribution >= 0.6 is 11.3 Å². The van der Waals surface area contributed by atoms with Crippen molar-refractivity contribution in [1.82, 2.24) is 4.98 Å². The summed E-state index contributed by atoms with van der Waals surface area (Å²) in [5.41, 5.74) is 3.45. The molecular formula is C18H21N3OS. The van der Waals surface area contributed by atoms with Crippen molar-refractivity contribution in [2.45, 2.75) is 13.5 Å². The Kier molecular flexibility index (Phi) is 4.67. The molecule has 1 aromatic heterocycles. The molecule has 0 amide bonds. The van der Waals surface area contributed by atoms with E-state index in [0.29, 0.717) is 6.61 Å².